The van der Waals surface area contributed by atoms with Gasteiger partial charge in [0.15, 0.2) is 5.69 Å². The molecule has 0 bridgehead atoms. The van der Waals surface area contributed by atoms with Crippen LogP contribution in [-0.2, 0) is 12.8 Å². The highest BCUT2D eigenvalue weighted by Gasteiger charge is 2.27. The zero-order chi connectivity index (χ0) is 17.1. The molecule has 0 atom stereocenters. The van der Waals surface area contributed by atoms with Crippen molar-refractivity contribution >= 4 is 5.91 Å². The van der Waals surface area contributed by atoms with Crippen LogP contribution < -0.4 is 10.6 Å². The number of hydrogen-bond acceptors (Lipinski definition) is 3. The third-order valence-electron chi connectivity index (χ3n) is 4.61. The molecule has 0 aliphatic heterocycles. The van der Waals surface area contributed by atoms with Gasteiger partial charge in [0.2, 0.25) is 0 Å². The number of fused-ring (bicyclic) bond motifs is 1. The number of carbonyl (C=O) groups excluding carboxylic acids is 1. The van der Waals surface area contributed by atoms with E-state index in [0.717, 1.165) is 43.5 Å². The molecule has 0 spiro atoms. The fraction of sp³-hybridized carbons (Fsp3) is 0.474. The molecule has 1 amide bonds. The Kier molecular flexibility index (Phi) is 5.00. The number of benzene rings is 1. The number of nitrogens with zero attached hydrogens (tertiary/aromatic N) is 2. The third kappa shape index (κ3) is 3.22. The number of rotatable bonds is 6. The SMILES string of the molecule is CNCCCNC(=O)c1nn(-c2ccc(C)cc2C)c2c1CCC2. The van der Waals surface area contributed by atoms with Gasteiger partial charge in [-0.05, 0) is 64.8 Å². The normalized spacial score (nSPS) is 13.1. The van der Waals surface area contributed by atoms with Crippen LogP contribution in [0.5, 0.6) is 0 Å². The Hall–Kier alpha value is -2.14. The summed E-state index contributed by atoms with van der Waals surface area (Å²) in [6, 6.07) is 6.36. The van der Waals surface area contributed by atoms with Gasteiger partial charge >= 0.3 is 0 Å². The lowest BCUT2D eigenvalue weighted by Crippen LogP contribution is -2.27. The number of carbonyl (C=O) groups is 1. The number of aryl methyl sites for hydroxylation is 2. The Labute approximate surface area is 143 Å². The standard InChI is InChI=1S/C19H26N4O/c1-13-8-9-16(14(2)12-13)23-17-7-4-6-15(17)18(22-23)19(24)21-11-5-10-20-3/h8-9,12,20H,4-7,10-11H2,1-3H3,(H,21,24). The first-order valence-electron chi connectivity index (χ1n) is 8.73. The summed E-state index contributed by atoms with van der Waals surface area (Å²) in [5.41, 5.74) is 6.43. The lowest BCUT2D eigenvalue weighted by Gasteiger charge is -2.09. The van der Waals surface area contributed by atoms with Gasteiger partial charge in [-0.15, -0.1) is 0 Å². The first-order chi connectivity index (χ1) is 11.6. The highest BCUT2D eigenvalue weighted by Crippen LogP contribution is 2.29. The van der Waals surface area contributed by atoms with E-state index >= 15 is 0 Å². The van der Waals surface area contributed by atoms with E-state index in [1.54, 1.807) is 0 Å². The van der Waals surface area contributed by atoms with Crippen LogP contribution >= 0.6 is 0 Å². The van der Waals surface area contributed by atoms with Crippen molar-refractivity contribution in [2.24, 2.45) is 0 Å². The van der Waals surface area contributed by atoms with Gasteiger partial charge in [0, 0.05) is 17.8 Å². The van der Waals surface area contributed by atoms with E-state index in [9.17, 15) is 4.79 Å². The summed E-state index contributed by atoms with van der Waals surface area (Å²) >= 11 is 0. The Bertz CT molecular complexity index is 748. The van der Waals surface area contributed by atoms with Crippen LogP contribution in [-0.4, -0.2) is 35.8 Å². The van der Waals surface area contributed by atoms with Crippen LogP contribution in [0, 0.1) is 13.8 Å². The molecule has 2 aromatic rings. The molecule has 2 N–H and O–H groups in total. The number of hydrogen-bond donors (Lipinski definition) is 2. The highest BCUT2D eigenvalue weighted by molar-refractivity contribution is 5.94. The lowest BCUT2D eigenvalue weighted by atomic mass is 10.1. The number of aromatic nitrogens is 2. The minimum Gasteiger partial charge on any atom is -0.351 e. The summed E-state index contributed by atoms with van der Waals surface area (Å²) in [7, 11) is 1.92. The minimum absolute atomic E-state index is 0.0484. The van der Waals surface area contributed by atoms with Gasteiger partial charge in [-0.2, -0.15) is 5.10 Å². The van der Waals surface area contributed by atoms with Gasteiger partial charge < -0.3 is 10.6 Å². The second-order valence-electron chi connectivity index (χ2n) is 6.54. The molecule has 0 saturated carbocycles. The summed E-state index contributed by atoms with van der Waals surface area (Å²) in [6.45, 7) is 5.76. The largest absolute Gasteiger partial charge is 0.351 e. The van der Waals surface area contributed by atoms with E-state index in [0.29, 0.717) is 12.2 Å². The topological polar surface area (TPSA) is 58.9 Å². The molecule has 5 nitrogen and oxygen atoms in total. The molecule has 0 radical (unpaired) electrons. The zero-order valence-electron chi connectivity index (χ0n) is 14.8. The zero-order valence-corrected chi connectivity index (χ0v) is 14.8. The molecule has 0 fully saturated rings. The Balaban J connectivity index is 1.89. The maximum absolute atomic E-state index is 12.5. The molecule has 1 heterocycles. The van der Waals surface area contributed by atoms with Crippen LogP contribution in [0.2, 0.25) is 0 Å². The molecule has 0 saturated heterocycles. The Morgan fingerprint density at radius 2 is 2.08 bits per heavy atom. The molecule has 128 valence electrons. The predicted molar refractivity (Wildman–Crippen MR) is 95.9 cm³/mol. The van der Waals surface area contributed by atoms with Crippen LogP contribution in [0.15, 0.2) is 18.2 Å². The quantitative estimate of drug-likeness (QED) is 0.801. The van der Waals surface area contributed by atoms with Gasteiger partial charge in [-0.3, -0.25) is 4.79 Å². The van der Waals surface area contributed by atoms with Gasteiger partial charge in [-0.25, -0.2) is 4.68 Å². The number of amides is 1. The highest BCUT2D eigenvalue weighted by atomic mass is 16.1. The molecular weight excluding hydrogens is 300 g/mol. The average Bonchev–Trinajstić information content (AvgIpc) is 3.14. The molecule has 1 aliphatic carbocycles. The third-order valence-corrected chi connectivity index (χ3v) is 4.61. The molecule has 1 aromatic heterocycles. The summed E-state index contributed by atoms with van der Waals surface area (Å²) in [5, 5.41) is 10.8. The predicted octanol–water partition coefficient (Wildman–Crippen LogP) is 2.32. The van der Waals surface area contributed by atoms with Crippen LogP contribution in [0.3, 0.4) is 0 Å². The van der Waals surface area contributed by atoms with E-state index in [2.05, 4.69) is 47.8 Å². The summed E-state index contributed by atoms with van der Waals surface area (Å²) < 4.78 is 1.99. The second kappa shape index (κ2) is 7.18. The van der Waals surface area contributed by atoms with E-state index < -0.39 is 0 Å². The second-order valence-corrected chi connectivity index (χ2v) is 6.54. The Morgan fingerprint density at radius 1 is 1.25 bits per heavy atom. The molecule has 1 aromatic carbocycles. The van der Waals surface area contributed by atoms with Crippen LogP contribution in [0.1, 0.15) is 45.7 Å². The van der Waals surface area contributed by atoms with Crippen molar-refractivity contribution in [3.63, 3.8) is 0 Å². The van der Waals surface area contributed by atoms with E-state index in [1.807, 2.05) is 11.7 Å². The van der Waals surface area contributed by atoms with E-state index in [1.165, 1.54) is 16.8 Å². The van der Waals surface area contributed by atoms with Gasteiger partial charge in [0.25, 0.3) is 5.91 Å². The summed E-state index contributed by atoms with van der Waals surface area (Å²) in [4.78, 5) is 12.5. The summed E-state index contributed by atoms with van der Waals surface area (Å²) in [5.74, 6) is -0.0484. The van der Waals surface area contributed by atoms with Crippen molar-refractivity contribution in [1.29, 1.82) is 0 Å². The molecule has 5 heteroatoms. The van der Waals surface area contributed by atoms with Crippen LogP contribution in [0.25, 0.3) is 5.69 Å². The fourth-order valence-electron chi connectivity index (χ4n) is 3.41. The van der Waals surface area contributed by atoms with Gasteiger partial charge in [0.1, 0.15) is 0 Å². The molecule has 3 rings (SSSR count). The smallest absolute Gasteiger partial charge is 0.272 e. The maximum Gasteiger partial charge on any atom is 0.272 e. The van der Waals surface area contributed by atoms with Crippen molar-refractivity contribution in [3.05, 3.63) is 46.3 Å². The van der Waals surface area contributed by atoms with Crippen molar-refractivity contribution in [3.8, 4) is 5.69 Å². The molecule has 24 heavy (non-hydrogen) atoms. The monoisotopic (exact) mass is 326 g/mol. The summed E-state index contributed by atoms with van der Waals surface area (Å²) in [6.07, 6.45) is 3.95. The van der Waals surface area contributed by atoms with Crippen molar-refractivity contribution in [2.75, 3.05) is 20.1 Å². The molecule has 1 aliphatic rings. The average molecular weight is 326 g/mol. The molecule has 0 unspecified atom stereocenters. The lowest BCUT2D eigenvalue weighted by molar-refractivity contribution is 0.0947. The fourth-order valence-corrected chi connectivity index (χ4v) is 3.41. The minimum atomic E-state index is -0.0484. The molecular formula is C19H26N4O. The van der Waals surface area contributed by atoms with Gasteiger partial charge in [-0.1, -0.05) is 17.7 Å². The maximum atomic E-state index is 12.5. The van der Waals surface area contributed by atoms with Crippen LogP contribution in [0.4, 0.5) is 0 Å². The van der Waals surface area contributed by atoms with Crippen molar-refractivity contribution < 1.29 is 4.79 Å². The van der Waals surface area contributed by atoms with E-state index in [-0.39, 0.29) is 5.91 Å². The van der Waals surface area contributed by atoms with Crippen molar-refractivity contribution in [2.45, 2.75) is 39.5 Å². The first-order valence-corrected chi connectivity index (χ1v) is 8.73. The number of nitrogens with one attached hydrogen (secondary N) is 2. The Morgan fingerprint density at radius 3 is 2.83 bits per heavy atom. The van der Waals surface area contributed by atoms with Crippen molar-refractivity contribution in [1.82, 2.24) is 20.4 Å². The first kappa shape index (κ1) is 16.7. The van der Waals surface area contributed by atoms with Gasteiger partial charge in [0.05, 0.1) is 5.69 Å². The van der Waals surface area contributed by atoms with E-state index in [4.69, 9.17) is 0 Å².